The number of benzene rings is 2. The lowest BCUT2D eigenvalue weighted by atomic mass is 10.1. The first-order chi connectivity index (χ1) is 13.1. The predicted octanol–water partition coefficient (Wildman–Crippen LogP) is 3.94. The predicted molar refractivity (Wildman–Crippen MR) is 111 cm³/mol. The molecule has 0 atom stereocenters. The van der Waals surface area contributed by atoms with Gasteiger partial charge >= 0.3 is 0 Å². The van der Waals surface area contributed by atoms with E-state index in [1.807, 2.05) is 49.4 Å². The van der Waals surface area contributed by atoms with Crippen molar-refractivity contribution in [2.24, 2.45) is 0 Å². The fourth-order valence-corrected chi connectivity index (χ4v) is 3.67. The van der Waals surface area contributed by atoms with Gasteiger partial charge in [-0.3, -0.25) is 4.79 Å². The molecular formula is C21H22ClN3O2. The van der Waals surface area contributed by atoms with Gasteiger partial charge in [0, 0.05) is 36.4 Å². The zero-order valence-electron chi connectivity index (χ0n) is 15.2. The molecule has 2 aromatic carbocycles. The molecule has 4 rings (SSSR count). The van der Waals surface area contributed by atoms with Gasteiger partial charge in [0.05, 0.1) is 23.9 Å². The number of aromatic amines is 1. The second-order valence-corrected chi connectivity index (χ2v) is 7.24. The average molecular weight is 384 g/mol. The second kappa shape index (κ2) is 7.62. The lowest BCUT2D eigenvalue weighted by molar-refractivity contribution is 0.122. The van der Waals surface area contributed by atoms with Crippen LogP contribution in [0.1, 0.15) is 11.1 Å². The Morgan fingerprint density at radius 2 is 1.96 bits per heavy atom. The van der Waals surface area contributed by atoms with Crippen molar-refractivity contribution in [1.29, 1.82) is 0 Å². The van der Waals surface area contributed by atoms with E-state index in [-0.39, 0.29) is 5.56 Å². The summed E-state index contributed by atoms with van der Waals surface area (Å²) in [5.74, 6) is 0. The van der Waals surface area contributed by atoms with E-state index >= 15 is 0 Å². The van der Waals surface area contributed by atoms with Crippen molar-refractivity contribution >= 4 is 33.9 Å². The highest BCUT2D eigenvalue weighted by molar-refractivity contribution is 6.33. The Morgan fingerprint density at radius 3 is 2.74 bits per heavy atom. The van der Waals surface area contributed by atoms with Crippen LogP contribution in [0.4, 0.5) is 11.4 Å². The number of hydrogen-bond acceptors (Lipinski definition) is 4. The van der Waals surface area contributed by atoms with Gasteiger partial charge in [0.15, 0.2) is 0 Å². The maximum atomic E-state index is 12.4. The third-order valence-corrected chi connectivity index (χ3v) is 5.16. The van der Waals surface area contributed by atoms with Crippen LogP contribution in [-0.4, -0.2) is 31.3 Å². The molecule has 0 amide bonds. The van der Waals surface area contributed by atoms with Crippen LogP contribution in [-0.2, 0) is 11.3 Å². The number of rotatable bonds is 4. The number of halogens is 1. The van der Waals surface area contributed by atoms with Crippen molar-refractivity contribution in [1.82, 2.24) is 4.98 Å². The number of nitrogens with one attached hydrogen (secondary N) is 2. The molecular weight excluding hydrogens is 362 g/mol. The normalized spacial score (nSPS) is 14.5. The van der Waals surface area contributed by atoms with Crippen LogP contribution in [0.3, 0.4) is 0 Å². The molecule has 0 spiro atoms. The van der Waals surface area contributed by atoms with Crippen LogP contribution in [0.2, 0.25) is 5.02 Å². The van der Waals surface area contributed by atoms with E-state index in [0.717, 1.165) is 54.1 Å². The Kier molecular flexibility index (Phi) is 5.05. The fourth-order valence-electron chi connectivity index (χ4n) is 3.37. The van der Waals surface area contributed by atoms with Gasteiger partial charge in [0.1, 0.15) is 0 Å². The summed E-state index contributed by atoms with van der Waals surface area (Å²) in [5, 5.41) is 5.03. The lowest BCUT2D eigenvalue weighted by Crippen LogP contribution is -2.36. The summed E-state index contributed by atoms with van der Waals surface area (Å²) >= 11 is 6.48. The van der Waals surface area contributed by atoms with Crippen molar-refractivity contribution in [3.63, 3.8) is 0 Å². The van der Waals surface area contributed by atoms with Crippen LogP contribution in [0.15, 0.2) is 47.3 Å². The van der Waals surface area contributed by atoms with E-state index in [1.165, 1.54) is 0 Å². The molecule has 0 saturated carbocycles. The maximum Gasteiger partial charge on any atom is 0.253 e. The zero-order valence-corrected chi connectivity index (χ0v) is 16.0. The van der Waals surface area contributed by atoms with Gasteiger partial charge in [0.2, 0.25) is 0 Å². The number of morpholine rings is 1. The summed E-state index contributed by atoms with van der Waals surface area (Å²) in [6.45, 7) is 5.59. The summed E-state index contributed by atoms with van der Waals surface area (Å²) in [6.07, 6.45) is 0. The minimum Gasteiger partial charge on any atom is -0.381 e. The quantitative estimate of drug-likeness (QED) is 0.716. The molecule has 6 heteroatoms. The van der Waals surface area contributed by atoms with Crippen LogP contribution in [0, 0.1) is 6.92 Å². The molecule has 0 bridgehead atoms. The van der Waals surface area contributed by atoms with Crippen molar-refractivity contribution in [3.05, 3.63) is 69.0 Å². The molecule has 2 heterocycles. The van der Waals surface area contributed by atoms with E-state index in [0.29, 0.717) is 17.1 Å². The van der Waals surface area contributed by atoms with Crippen LogP contribution in [0.25, 0.3) is 10.9 Å². The maximum absolute atomic E-state index is 12.4. The minimum atomic E-state index is -0.0726. The molecule has 0 radical (unpaired) electrons. The Balaban J connectivity index is 1.51. The van der Waals surface area contributed by atoms with Crippen molar-refractivity contribution in [3.8, 4) is 0 Å². The topological polar surface area (TPSA) is 57.4 Å². The molecule has 1 aliphatic heterocycles. The highest BCUT2D eigenvalue weighted by atomic mass is 35.5. The molecule has 3 aromatic rings. The first-order valence-corrected chi connectivity index (χ1v) is 9.47. The van der Waals surface area contributed by atoms with Crippen molar-refractivity contribution in [2.45, 2.75) is 13.5 Å². The molecule has 1 fully saturated rings. The molecule has 1 aromatic heterocycles. The van der Waals surface area contributed by atoms with Crippen LogP contribution in [0.5, 0.6) is 0 Å². The van der Waals surface area contributed by atoms with E-state index in [2.05, 4.69) is 15.2 Å². The van der Waals surface area contributed by atoms with Gasteiger partial charge in [-0.25, -0.2) is 0 Å². The van der Waals surface area contributed by atoms with Crippen LogP contribution < -0.4 is 15.8 Å². The molecule has 5 nitrogen and oxygen atoms in total. The lowest BCUT2D eigenvalue weighted by Gasteiger charge is -2.29. The molecule has 2 N–H and O–H groups in total. The van der Waals surface area contributed by atoms with E-state index in [9.17, 15) is 4.79 Å². The molecule has 1 saturated heterocycles. The Hall–Kier alpha value is -2.50. The van der Waals surface area contributed by atoms with Crippen molar-refractivity contribution in [2.75, 3.05) is 36.5 Å². The van der Waals surface area contributed by atoms with E-state index in [1.54, 1.807) is 0 Å². The molecule has 0 unspecified atom stereocenters. The number of fused-ring (bicyclic) bond motifs is 1. The first-order valence-electron chi connectivity index (χ1n) is 9.09. The number of ether oxygens (including phenoxy) is 1. The molecule has 140 valence electrons. The van der Waals surface area contributed by atoms with E-state index in [4.69, 9.17) is 16.3 Å². The summed E-state index contributed by atoms with van der Waals surface area (Å²) in [6, 6.07) is 13.9. The standard InChI is InChI=1S/C21H22ClN3O2/c1-14-2-3-15-11-16(21(26)24-19(15)10-14)13-23-17-4-5-20(18(22)12-17)25-6-8-27-9-7-25/h2-5,10-12,23H,6-9,13H2,1H3,(H,24,26). The Labute approximate surface area is 162 Å². The van der Waals surface area contributed by atoms with Crippen molar-refractivity contribution < 1.29 is 4.74 Å². The monoisotopic (exact) mass is 383 g/mol. The number of aryl methyl sites for hydroxylation is 1. The zero-order chi connectivity index (χ0) is 18.8. The minimum absolute atomic E-state index is 0.0726. The van der Waals surface area contributed by atoms with Gasteiger partial charge in [-0.05, 0) is 48.2 Å². The first kappa shape index (κ1) is 17.9. The molecule has 0 aliphatic carbocycles. The highest BCUT2D eigenvalue weighted by Gasteiger charge is 2.14. The second-order valence-electron chi connectivity index (χ2n) is 6.83. The molecule has 27 heavy (non-hydrogen) atoms. The summed E-state index contributed by atoms with van der Waals surface area (Å²) in [5.41, 5.74) is 4.52. The number of H-pyrrole nitrogens is 1. The van der Waals surface area contributed by atoms with Gasteiger partial charge in [-0.1, -0.05) is 23.7 Å². The largest absolute Gasteiger partial charge is 0.381 e. The SMILES string of the molecule is Cc1ccc2cc(CNc3ccc(N4CCOCC4)c(Cl)c3)c(=O)[nH]c2c1. The smallest absolute Gasteiger partial charge is 0.253 e. The van der Waals surface area contributed by atoms with Gasteiger partial charge in [-0.2, -0.15) is 0 Å². The summed E-state index contributed by atoms with van der Waals surface area (Å²) < 4.78 is 5.39. The summed E-state index contributed by atoms with van der Waals surface area (Å²) in [7, 11) is 0. The molecule has 1 aliphatic rings. The van der Waals surface area contributed by atoms with Gasteiger partial charge in [-0.15, -0.1) is 0 Å². The van der Waals surface area contributed by atoms with Crippen LogP contribution >= 0.6 is 11.6 Å². The number of nitrogens with zero attached hydrogens (tertiary/aromatic N) is 1. The number of anilines is 2. The number of aromatic nitrogens is 1. The van der Waals surface area contributed by atoms with Gasteiger partial charge < -0.3 is 19.9 Å². The van der Waals surface area contributed by atoms with E-state index < -0.39 is 0 Å². The number of hydrogen-bond donors (Lipinski definition) is 2. The third kappa shape index (κ3) is 3.94. The average Bonchev–Trinajstić information content (AvgIpc) is 2.67. The number of pyridine rings is 1. The third-order valence-electron chi connectivity index (χ3n) is 4.86. The Morgan fingerprint density at radius 1 is 1.15 bits per heavy atom. The highest BCUT2D eigenvalue weighted by Crippen LogP contribution is 2.29. The van der Waals surface area contributed by atoms with Gasteiger partial charge in [0.25, 0.3) is 5.56 Å². The fraction of sp³-hybridized carbons (Fsp3) is 0.286. The Bertz CT molecular complexity index is 1030. The summed E-state index contributed by atoms with van der Waals surface area (Å²) in [4.78, 5) is 17.5.